The van der Waals surface area contributed by atoms with Crippen molar-refractivity contribution < 1.29 is 14.3 Å². The van der Waals surface area contributed by atoms with E-state index in [0.29, 0.717) is 33.2 Å². The Hall–Kier alpha value is -2.97. The molecule has 1 N–H and O–H groups in total. The summed E-state index contributed by atoms with van der Waals surface area (Å²) in [6.45, 7) is 0.355. The monoisotopic (exact) mass is 628 g/mol. The Morgan fingerprint density at radius 2 is 1.58 bits per heavy atom. The van der Waals surface area contributed by atoms with Crippen molar-refractivity contribution in [2.45, 2.75) is 17.3 Å². The van der Waals surface area contributed by atoms with Crippen LogP contribution in [-0.4, -0.2) is 19.2 Å². The van der Waals surface area contributed by atoms with Crippen LogP contribution in [0.4, 0.5) is 0 Å². The highest BCUT2D eigenvalue weighted by Gasteiger charge is 2.12. The van der Waals surface area contributed by atoms with Gasteiger partial charge in [0.1, 0.15) is 6.61 Å². The van der Waals surface area contributed by atoms with Gasteiger partial charge in [0, 0.05) is 26.3 Å². The first kappa shape index (κ1) is 28.0. The largest absolute Gasteiger partial charge is 0.493 e. The van der Waals surface area contributed by atoms with Gasteiger partial charge in [0.15, 0.2) is 11.5 Å². The summed E-state index contributed by atoms with van der Waals surface area (Å²) in [6, 6.07) is 26.2. The first-order valence-electron chi connectivity index (χ1n) is 11.5. The fourth-order valence-corrected chi connectivity index (χ4v) is 5.05. The van der Waals surface area contributed by atoms with Gasteiger partial charge in [0.25, 0.3) is 5.91 Å². The number of thioether (sulfide) groups is 1. The number of amides is 1. The van der Waals surface area contributed by atoms with Crippen LogP contribution >= 0.6 is 50.9 Å². The summed E-state index contributed by atoms with van der Waals surface area (Å²) in [5.41, 5.74) is 5.90. The van der Waals surface area contributed by atoms with Gasteiger partial charge in [-0.25, -0.2) is 5.43 Å². The van der Waals surface area contributed by atoms with Crippen LogP contribution in [0, 0.1) is 0 Å². The maximum atomic E-state index is 12.5. The average molecular weight is 630 g/mol. The van der Waals surface area contributed by atoms with Crippen LogP contribution in [0.2, 0.25) is 10.0 Å². The fourth-order valence-electron chi connectivity index (χ4n) is 3.37. The van der Waals surface area contributed by atoms with Crippen LogP contribution in [0.3, 0.4) is 0 Å². The summed E-state index contributed by atoms with van der Waals surface area (Å²) in [7, 11) is 1.57. The molecule has 194 valence electrons. The number of nitrogens with one attached hydrogen (secondary N) is 1. The molecule has 0 bridgehead atoms. The van der Waals surface area contributed by atoms with Crippen LogP contribution in [0.5, 0.6) is 11.5 Å². The Morgan fingerprint density at radius 3 is 2.24 bits per heavy atom. The Labute approximate surface area is 244 Å². The van der Waals surface area contributed by atoms with Gasteiger partial charge in [0.05, 0.1) is 17.8 Å². The zero-order valence-corrected chi connectivity index (χ0v) is 24.2. The molecule has 4 aromatic rings. The van der Waals surface area contributed by atoms with E-state index in [1.807, 2.05) is 66.7 Å². The number of carbonyl (C=O) groups excluding carboxylic acids is 1. The van der Waals surface area contributed by atoms with E-state index in [0.717, 1.165) is 32.4 Å². The SMILES string of the molecule is COc1cc(/C=N\NC(=O)c2ccc(CSc3ccc(Cl)cc3)cc2)cc(Br)c1OCc1ccc(Cl)cc1. The molecule has 9 heteroatoms. The highest BCUT2D eigenvalue weighted by molar-refractivity contribution is 9.10. The highest BCUT2D eigenvalue weighted by Crippen LogP contribution is 2.37. The minimum absolute atomic E-state index is 0.299. The molecule has 0 unspecified atom stereocenters. The third-order valence-electron chi connectivity index (χ3n) is 5.36. The van der Waals surface area contributed by atoms with Gasteiger partial charge in [0.2, 0.25) is 0 Å². The summed E-state index contributed by atoms with van der Waals surface area (Å²) in [4.78, 5) is 13.7. The predicted octanol–water partition coefficient (Wildman–Crippen LogP) is 8.40. The maximum Gasteiger partial charge on any atom is 0.271 e. The van der Waals surface area contributed by atoms with Crippen LogP contribution in [-0.2, 0) is 12.4 Å². The Bertz CT molecular complexity index is 1410. The van der Waals surface area contributed by atoms with Crippen molar-refractivity contribution in [3.63, 3.8) is 0 Å². The number of nitrogens with zero attached hydrogens (tertiary/aromatic N) is 1. The lowest BCUT2D eigenvalue weighted by molar-refractivity contribution is 0.0955. The number of hydrazone groups is 1. The molecule has 0 aliphatic heterocycles. The Kier molecular flexibility index (Phi) is 10.1. The lowest BCUT2D eigenvalue weighted by atomic mass is 10.1. The molecule has 0 heterocycles. The number of rotatable bonds is 10. The molecule has 4 aromatic carbocycles. The van der Waals surface area contributed by atoms with E-state index in [9.17, 15) is 4.79 Å². The van der Waals surface area contributed by atoms with E-state index in [1.165, 1.54) is 0 Å². The molecule has 0 aromatic heterocycles. The number of carbonyl (C=O) groups is 1. The number of ether oxygens (including phenoxy) is 2. The van der Waals surface area contributed by atoms with Crippen molar-refractivity contribution in [2.24, 2.45) is 5.10 Å². The smallest absolute Gasteiger partial charge is 0.271 e. The van der Waals surface area contributed by atoms with Gasteiger partial charge < -0.3 is 9.47 Å². The van der Waals surface area contributed by atoms with E-state index in [1.54, 1.807) is 43.3 Å². The van der Waals surface area contributed by atoms with E-state index < -0.39 is 0 Å². The van der Waals surface area contributed by atoms with Gasteiger partial charge in [-0.2, -0.15) is 5.10 Å². The number of halogens is 3. The van der Waals surface area contributed by atoms with Crippen molar-refractivity contribution >= 4 is 63.0 Å². The molecule has 0 aliphatic carbocycles. The van der Waals surface area contributed by atoms with Crippen molar-refractivity contribution in [2.75, 3.05) is 7.11 Å². The average Bonchev–Trinajstić information content (AvgIpc) is 2.93. The van der Waals surface area contributed by atoms with Gasteiger partial charge in [-0.1, -0.05) is 47.5 Å². The molecule has 0 saturated carbocycles. The lowest BCUT2D eigenvalue weighted by Gasteiger charge is -2.13. The predicted molar refractivity (Wildman–Crippen MR) is 159 cm³/mol. The third kappa shape index (κ3) is 8.01. The van der Waals surface area contributed by atoms with Crippen molar-refractivity contribution in [3.8, 4) is 11.5 Å². The minimum Gasteiger partial charge on any atom is -0.493 e. The van der Waals surface area contributed by atoms with Crippen molar-refractivity contribution in [1.82, 2.24) is 5.43 Å². The van der Waals surface area contributed by atoms with Crippen LogP contribution < -0.4 is 14.9 Å². The third-order valence-corrected chi connectivity index (χ3v) is 7.54. The zero-order chi connectivity index (χ0) is 26.9. The second-order valence-corrected chi connectivity index (χ2v) is 10.9. The number of hydrogen-bond acceptors (Lipinski definition) is 5. The summed E-state index contributed by atoms with van der Waals surface area (Å²) < 4.78 is 12.2. The molecule has 0 aliphatic rings. The molecule has 0 spiro atoms. The normalized spacial score (nSPS) is 10.9. The molecular weight excluding hydrogens is 607 g/mol. The van der Waals surface area contributed by atoms with Crippen molar-refractivity contribution in [1.29, 1.82) is 0 Å². The number of hydrogen-bond donors (Lipinski definition) is 1. The first-order valence-corrected chi connectivity index (χ1v) is 14.0. The molecule has 4 rings (SSSR count). The molecule has 0 radical (unpaired) electrons. The molecule has 1 amide bonds. The van der Waals surface area contributed by atoms with E-state index in [-0.39, 0.29) is 5.91 Å². The molecule has 0 atom stereocenters. The van der Waals surface area contributed by atoms with Crippen LogP contribution in [0.1, 0.15) is 27.0 Å². The maximum absolute atomic E-state index is 12.5. The van der Waals surface area contributed by atoms with Crippen molar-refractivity contribution in [3.05, 3.63) is 122 Å². The Morgan fingerprint density at radius 1 is 0.947 bits per heavy atom. The molecule has 38 heavy (non-hydrogen) atoms. The zero-order valence-electron chi connectivity index (χ0n) is 20.3. The second-order valence-electron chi connectivity index (χ2n) is 8.09. The topological polar surface area (TPSA) is 59.9 Å². The van der Waals surface area contributed by atoms with E-state index >= 15 is 0 Å². The van der Waals surface area contributed by atoms with Crippen LogP contribution in [0.15, 0.2) is 99.4 Å². The summed E-state index contributed by atoms with van der Waals surface area (Å²) in [5, 5.41) is 5.49. The number of benzene rings is 4. The van der Waals surface area contributed by atoms with E-state index in [4.69, 9.17) is 32.7 Å². The fraction of sp³-hybridized carbons (Fsp3) is 0.103. The molecule has 0 fully saturated rings. The molecule has 0 saturated heterocycles. The van der Waals surface area contributed by atoms with Gasteiger partial charge >= 0.3 is 0 Å². The second kappa shape index (κ2) is 13.7. The van der Waals surface area contributed by atoms with Gasteiger partial charge in [-0.3, -0.25) is 4.79 Å². The quantitative estimate of drug-likeness (QED) is 0.109. The lowest BCUT2D eigenvalue weighted by Crippen LogP contribution is -2.17. The Balaban J connectivity index is 1.32. The summed E-state index contributed by atoms with van der Waals surface area (Å²) in [6.07, 6.45) is 1.55. The van der Waals surface area contributed by atoms with Crippen LogP contribution in [0.25, 0.3) is 0 Å². The summed E-state index contributed by atoms with van der Waals surface area (Å²) >= 11 is 17.1. The first-order chi connectivity index (χ1) is 18.4. The minimum atomic E-state index is -0.299. The highest BCUT2D eigenvalue weighted by atomic mass is 79.9. The van der Waals surface area contributed by atoms with E-state index in [2.05, 4.69) is 26.5 Å². The molecule has 5 nitrogen and oxygen atoms in total. The van der Waals surface area contributed by atoms with Gasteiger partial charge in [-0.05, 0) is 93.3 Å². The molecular formula is C29H23BrCl2N2O3S. The standard InChI is InChI=1S/C29H23BrCl2N2O3S/c1-36-27-15-21(14-26(30)28(27)37-17-19-4-8-23(31)9-5-19)16-33-34-29(35)22-6-2-20(3-7-22)18-38-25-12-10-24(32)11-13-25/h2-16H,17-18H2,1H3,(H,34,35)/b33-16-. The number of methoxy groups -OCH3 is 1. The summed E-state index contributed by atoms with van der Waals surface area (Å²) in [5.74, 6) is 1.59. The van der Waals surface area contributed by atoms with Gasteiger partial charge in [-0.15, -0.1) is 11.8 Å².